The maximum atomic E-state index is 12.5. The summed E-state index contributed by atoms with van der Waals surface area (Å²) in [4.78, 5) is 25.0. The second kappa shape index (κ2) is 7.72. The van der Waals surface area contributed by atoms with Gasteiger partial charge in [0.05, 0.1) is 0 Å². The van der Waals surface area contributed by atoms with E-state index in [-0.39, 0.29) is 11.8 Å². The molecule has 1 aliphatic heterocycles. The van der Waals surface area contributed by atoms with Crippen molar-refractivity contribution in [3.8, 4) is 0 Å². The van der Waals surface area contributed by atoms with Gasteiger partial charge in [-0.15, -0.1) is 0 Å². The number of amides is 2. The average Bonchev–Trinajstić information content (AvgIpc) is 3.10. The van der Waals surface area contributed by atoms with Crippen LogP contribution < -0.4 is 16.0 Å². The Kier molecular flexibility index (Phi) is 5.40. The molecule has 0 radical (unpaired) electrons. The zero-order valence-corrected chi connectivity index (χ0v) is 15.3. The van der Waals surface area contributed by atoms with E-state index in [1.54, 1.807) is 19.1 Å². The topological polar surface area (TPSA) is 94.1 Å². The molecule has 0 spiro atoms. The molecule has 0 aromatic heterocycles. The highest BCUT2D eigenvalue weighted by atomic mass is 16.2. The van der Waals surface area contributed by atoms with Gasteiger partial charge in [-0.05, 0) is 38.8 Å². The van der Waals surface area contributed by atoms with Crippen molar-refractivity contribution in [2.45, 2.75) is 58.0 Å². The summed E-state index contributed by atoms with van der Waals surface area (Å²) >= 11 is 0. The lowest BCUT2D eigenvalue weighted by molar-refractivity contribution is -0.122. The molecule has 1 aromatic carbocycles. The SMILES string of the molecule is CC(=N)C1=C(NC2CCCC2)NC(=O)C(NC(=O)c2cccc(C)c2)C1. The molecule has 1 aromatic rings. The van der Waals surface area contributed by atoms with Gasteiger partial charge in [0.2, 0.25) is 5.91 Å². The van der Waals surface area contributed by atoms with Crippen molar-refractivity contribution in [1.29, 1.82) is 5.41 Å². The number of aryl methyl sites for hydroxylation is 1. The van der Waals surface area contributed by atoms with Crippen LogP contribution in [0.4, 0.5) is 0 Å². The van der Waals surface area contributed by atoms with E-state index in [1.807, 2.05) is 19.1 Å². The van der Waals surface area contributed by atoms with Crippen LogP contribution in [0.3, 0.4) is 0 Å². The third kappa shape index (κ3) is 4.12. The van der Waals surface area contributed by atoms with E-state index in [2.05, 4.69) is 16.0 Å². The van der Waals surface area contributed by atoms with Gasteiger partial charge in [-0.1, -0.05) is 30.5 Å². The summed E-state index contributed by atoms with van der Waals surface area (Å²) in [6, 6.07) is 6.94. The maximum Gasteiger partial charge on any atom is 0.251 e. The standard InChI is InChI=1S/C20H26N4O2/c1-12-6-5-7-14(10-12)19(25)23-17-11-16(13(2)21)18(24-20(17)26)22-15-8-3-4-9-15/h5-7,10,15,17,21-22H,3-4,8-9,11H2,1-2H3,(H,23,25)(H,24,26). The predicted molar refractivity (Wildman–Crippen MR) is 101 cm³/mol. The molecule has 0 saturated heterocycles. The molecule has 4 N–H and O–H groups in total. The smallest absolute Gasteiger partial charge is 0.251 e. The van der Waals surface area contributed by atoms with Crippen LogP contribution in [0.5, 0.6) is 0 Å². The van der Waals surface area contributed by atoms with Crippen LogP contribution in [-0.2, 0) is 4.79 Å². The second-order valence-electron chi connectivity index (χ2n) is 7.19. The Labute approximate surface area is 153 Å². The van der Waals surface area contributed by atoms with Crippen LogP contribution in [0.2, 0.25) is 0 Å². The molecule has 1 aliphatic carbocycles. The van der Waals surface area contributed by atoms with E-state index >= 15 is 0 Å². The largest absolute Gasteiger partial charge is 0.369 e. The minimum Gasteiger partial charge on any atom is -0.369 e. The Hall–Kier alpha value is -2.63. The van der Waals surface area contributed by atoms with Gasteiger partial charge in [0.25, 0.3) is 5.91 Å². The van der Waals surface area contributed by atoms with E-state index in [9.17, 15) is 9.59 Å². The fraction of sp³-hybridized carbons (Fsp3) is 0.450. The van der Waals surface area contributed by atoms with Crippen molar-refractivity contribution in [1.82, 2.24) is 16.0 Å². The van der Waals surface area contributed by atoms with Crippen LogP contribution in [0.1, 0.15) is 54.9 Å². The van der Waals surface area contributed by atoms with Gasteiger partial charge in [0.1, 0.15) is 11.9 Å². The molecule has 3 rings (SSSR count). The minimum absolute atomic E-state index is 0.239. The first-order valence-corrected chi connectivity index (χ1v) is 9.17. The highest BCUT2D eigenvalue weighted by Crippen LogP contribution is 2.22. The van der Waals surface area contributed by atoms with Crippen molar-refractivity contribution in [2.75, 3.05) is 0 Å². The first kappa shape index (κ1) is 18.2. The lowest BCUT2D eigenvalue weighted by Gasteiger charge is -2.30. The fourth-order valence-electron chi connectivity index (χ4n) is 3.57. The zero-order chi connectivity index (χ0) is 18.7. The van der Waals surface area contributed by atoms with Crippen molar-refractivity contribution >= 4 is 17.5 Å². The van der Waals surface area contributed by atoms with E-state index in [0.29, 0.717) is 29.6 Å². The van der Waals surface area contributed by atoms with Crippen LogP contribution in [0.15, 0.2) is 35.7 Å². The van der Waals surface area contributed by atoms with Gasteiger partial charge in [0.15, 0.2) is 0 Å². The van der Waals surface area contributed by atoms with E-state index < -0.39 is 6.04 Å². The van der Waals surface area contributed by atoms with Gasteiger partial charge in [-0.3, -0.25) is 9.59 Å². The summed E-state index contributed by atoms with van der Waals surface area (Å²) in [5.74, 6) is 0.120. The molecule has 2 aliphatic rings. The monoisotopic (exact) mass is 354 g/mol. The Balaban J connectivity index is 1.73. The average molecular weight is 354 g/mol. The Morgan fingerprint density at radius 2 is 2.00 bits per heavy atom. The number of carbonyl (C=O) groups is 2. The molecule has 1 unspecified atom stereocenters. The quantitative estimate of drug-likeness (QED) is 0.612. The number of hydrogen-bond acceptors (Lipinski definition) is 4. The molecule has 6 nitrogen and oxygen atoms in total. The van der Waals surface area contributed by atoms with Crippen molar-refractivity contribution in [2.24, 2.45) is 0 Å². The van der Waals surface area contributed by atoms with E-state index in [0.717, 1.165) is 24.0 Å². The highest BCUT2D eigenvalue weighted by molar-refractivity contribution is 6.02. The van der Waals surface area contributed by atoms with Gasteiger partial charge in [0, 0.05) is 29.3 Å². The first-order chi connectivity index (χ1) is 12.4. The number of rotatable bonds is 5. The summed E-state index contributed by atoms with van der Waals surface area (Å²) < 4.78 is 0. The molecule has 26 heavy (non-hydrogen) atoms. The third-order valence-electron chi connectivity index (χ3n) is 5.02. The van der Waals surface area contributed by atoms with Gasteiger partial charge in [-0.25, -0.2) is 0 Å². The van der Waals surface area contributed by atoms with Crippen LogP contribution in [-0.4, -0.2) is 29.6 Å². The molecule has 138 valence electrons. The molecule has 0 bridgehead atoms. The molecular weight excluding hydrogens is 328 g/mol. The van der Waals surface area contributed by atoms with Crippen LogP contribution in [0.25, 0.3) is 0 Å². The fourth-order valence-corrected chi connectivity index (χ4v) is 3.57. The number of nitrogens with one attached hydrogen (secondary N) is 4. The lowest BCUT2D eigenvalue weighted by atomic mass is 9.97. The molecule has 1 saturated carbocycles. The van der Waals surface area contributed by atoms with Crippen LogP contribution >= 0.6 is 0 Å². The number of hydrogen-bond donors (Lipinski definition) is 4. The second-order valence-corrected chi connectivity index (χ2v) is 7.19. The van der Waals surface area contributed by atoms with Crippen LogP contribution in [0, 0.1) is 12.3 Å². The van der Waals surface area contributed by atoms with Crippen molar-refractivity contribution in [3.63, 3.8) is 0 Å². The molecule has 1 fully saturated rings. The third-order valence-corrected chi connectivity index (χ3v) is 5.02. The van der Waals surface area contributed by atoms with Gasteiger partial charge in [-0.2, -0.15) is 0 Å². The summed E-state index contributed by atoms with van der Waals surface area (Å²) in [6.45, 7) is 3.63. The number of carbonyl (C=O) groups excluding carboxylic acids is 2. The van der Waals surface area contributed by atoms with Gasteiger partial charge >= 0.3 is 0 Å². The Morgan fingerprint density at radius 3 is 2.65 bits per heavy atom. The van der Waals surface area contributed by atoms with Crippen molar-refractivity contribution < 1.29 is 9.59 Å². The van der Waals surface area contributed by atoms with E-state index in [4.69, 9.17) is 5.41 Å². The predicted octanol–water partition coefficient (Wildman–Crippen LogP) is 2.40. The molecule has 2 amide bonds. The number of benzene rings is 1. The summed E-state index contributed by atoms with van der Waals surface area (Å²) in [5, 5.41) is 17.1. The first-order valence-electron chi connectivity index (χ1n) is 9.17. The molecule has 6 heteroatoms. The lowest BCUT2D eigenvalue weighted by Crippen LogP contribution is -2.53. The molecule has 1 atom stereocenters. The molecule has 1 heterocycles. The maximum absolute atomic E-state index is 12.5. The normalized spacial score (nSPS) is 20.7. The summed E-state index contributed by atoms with van der Waals surface area (Å²) in [5.41, 5.74) is 2.68. The Morgan fingerprint density at radius 1 is 1.27 bits per heavy atom. The minimum atomic E-state index is -0.674. The van der Waals surface area contributed by atoms with Gasteiger partial charge < -0.3 is 21.4 Å². The summed E-state index contributed by atoms with van der Waals surface area (Å²) in [6.07, 6.45) is 4.86. The highest BCUT2D eigenvalue weighted by Gasteiger charge is 2.31. The molecular formula is C20H26N4O2. The van der Waals surface area contributed by atoms with E-state index in [1.165, 1.54) is 12.8 Å². The van der Waals surface area contributed by atoms with Crippen molar-refractivity contribution in [3.05, 3.63) is 46.8 Å². The zero-order valence-electron chi connectivity index (χ0n) is 15.3. The summed E-state index contributed by atoms with van der Waals surface area (Å²) in [7, 11) is 0. The Bertz CT molecular complexity index is 763.